The highest BCUT2D eigenvalue weighted by Crippen LogP contribution is 2.43. The zero-order chi connectivity index (χ0) is 27.1. The molecule has 5 nitrogen and oxygen atoms in total. The third-order valence-corrected chi connectivity index (χ3v) is 6.34. The Balaban J connectivity index is 1.96. The molecule has 1 unspecified atom stereocenters. The van der Waals surface area contributed by atoms with Crippen LogP contribution in [0, 0.1) is 18.6 Å². The predicted molar refractivity (Wildman–Crippen MR) is 139 cm³/mol. The average molecular weight is 506 g/mol. The molecule has 1 saturated heterocycles. The summed E-state index contributed by atoms with van der Waals surface area (Å²) in [5.41, 5.74) is 2.11. The minimum Gasteiger partial charge on any atom is -0.507 e. The first-order chi connectivity index (χ1) is 17.4. The van der Waals surface area contributed by atoms with Crippen molar-refractivity contribution < 1.29 is 28.2 Å². The summed E-state index contributed by atoms with van der Waals surface area (Å²) in [6.45, 7) is 10.2. The fourth-order valence-corrected chi connectivity index (χ4v) is 4.59. The van der Waals surface area contributed by atoms with Crippen molar-refractivity contribution in [2.24, 2.45) is 0 Å². The quantitative estimate of drug-likeness (QED) is 0.241. The maximum absolute atomic E-state index is 14.2. The Labute approximate surface area is 215 Å². The molecule has 0 radical (unpaired) electrons. The number of aliphatic hydroxyl groups excluding tert-OH is 1. The van der Waals surface area contributed by atoms with Crippen molar-refractivity contribution in [3.63, 3.8) is 0 Å². The fraction of sp³-hybridized carbons (Fsp3) is 0.267. The lowest BCUT2D eigenvalue weighted by Crippen LogP contribution is -2.29. The largest absolute Gasteiger partial charge is 0.507 e. The van der Waals surface area contributed by atoms with Gasteiger partial charge in [0.1, 0.15) is 11.5 Å². The van der Waals surface area contributed by atoms with Crippen molar-refractivity contribution in [1.29, 1.82) is 0 Å². The molecule has 4 rings (SSSR count). The summed E-state index contributed by atoms with van der Waals surface area (Å²) < 4.78 is 33.6. The summed E-state index contributed by atoms with van der Waals surface area (Å²) in [5, 5.41) is 11.5. The van der Waals surface area contributed by atoms with Gasteiger partial charge in [-0.2, -0.15) is 0 Å². The maximum atomic E-state index is 14.2. The summed E-state index contributed by atoms with van der Waals surface area (Å²) in [6.07, 6.45) is 0. The Morgan fingerprint density at radius 1 is 1.00 bits per heavy atom. The van der Waals surface area contributed by atoms with E-state index in [2.05, 4.69) is 0 Å². The number of halogens is 2. The van der Waals surface area contributed by atoms with Gasteiger partial charge in [-0.15, -0.1) is 0 Å². The summed E-state index contributed by atoms with van der Waals surface area (Å²) in [4.78, 5) is 27.8. The highest BCUT2D eigenvalue weighted by molar-refractivity contribution is 6.51. The number of rotatable bonds is 5. The van der Waals surface area contributed by atoms with Gasteiger partial charge in [-0.25, -0.2) is 8.78 Å². The number of hydrogen-bond donors (Lipinski definition) is 1. The molecule has 0 bridgehead atoms. The van der Waals surface area contributed by atoms with E-state index in [0.717, 1.165) is 28.2 Å². The third-order valence-electron chi connectivity index (χ3n) is 6.34. The van der Waals surface area contributed by atoms with Crippen LogP contribution in [-0.4, -0.2) is 23.4 Å². The van der Waals surface area contributed by atoms with Crippen LogP contribution in [0.15, 0.2) is 66.2 Å². The Kier molecular flexibility index (Phi) is 6.91. The standard InChI is InChI=1S/C30H29F2NO4/c1-6-37-24-13-10-19(15-21(24)30(3,4)5)27(34)25-26(18-9-7-8-17(2)14-18)33(29(36)28(25)35)20-11-12-22(31)23(32)16-20/h7-16,26,34H,6H2,1-5H3/b27-25-. The molecule has 1 heterocycles. The molecule has 0 aromatic heterocycles. The number of nitrogens with zero attached hydrogens (tertiary/aromatic N) is 1. The number of Topliss-reactive ketones (excluding diaryl/α,β-unsaturated/α-hetero) is 1. The lowest BCUT2D eigenvalue weighted by Gasteiger charge is -2.26. The van der Waals surface area contributed by atoms with Crippen molar-refractivity contribution in [1.82, 2.24) is 0 Å². The van der Waals surface area contributed by atoms with Gasteiger partial charge in [0.15, 0.2) is 11.6 Å². The molecule has 3 aromatic carbocycles. The lowest BCUT2D eigenvalue weighted by molar-refractivity contribution is -0.132. The van der Waals surface area contributed by atoms with Crippen LogP contribution in [0.25, 0.3) is 5.76 Å². The number of ketones is 1. The van der Waals surface area contributed by atoms with Crippen molar-refractivity contribution in [3.8, 4) is 5.75 Å². The number of aliphatic hydroxyl groups is 1. The molecule has 1 aliphatic rings. The van der Waals surface area contributed by atoms with Crippen molar-refractivity contribution >= 4 is 23.1 Å². The van der Waals surface area contributed by atoms with Gasteiger partial charge in [-0.3, -0.25) is 14.5 Å². The Morgan fingerprint density at radius 2 is 1.73 bits per heavy atom. The van der Waals surface area contributed by atoms with E-state index in [1.165, 1.54) is 6.07 Å². The highest BCUT2D eigenvalue weighted by Gasteiger charge is 2.47. The number of aryl methyl sites for hydroxylation is 1. The number of carbonyl (C=O) groups excluding carboxylic acids is 2. The van der Waals surface area contributed by atoms with Gasteiger partial charge in [0.2, 0.25) is 0 Å². The molecule has 37 heavy (non-hydrogen) atoms. The van der Waals surface area contributed by atoms with Crippen molar-refractivity contribution in [3.05, 3.63) is 100 Å². The number of carbonyl (C=O) groups is 2. The second kappa shape index (κ2) is 9.81. The molecular formula is C30H29F2NO4. The molecule has 1 atom stereocenters. The zero-order valence-electron chi connectivity index (χ0n) is 21.4. The molecule has 0 spiro atoms. The van der Waals surface area contributed by atoms with E-state index in [-0.39, 0.29) is 22.4 Å². The fourth-order valence-electron chi connectivity index (χ4n) is 4.59. The number of amides is 1. The summed E-state index contributed by atoms with van der Waals surface area (Å²) >= 11 is 0. The van der Waals surface area contributed by atoms with E-state index >= 15 is 0 Å². The first-order valence-electron chi connectivity index (χ1n) is 12.0. The monoisotopic (exact) mass is 505 g/mol. The average Bonchev–Trinajstić information content (AvgIpc) is 3.10. The Hall–Kier alpha value is -4.00. The molecule has 1 N–H and O–H groups in total. The van der Waals surface area contributed by atoms with E-state index in [4.69, 9.17) is 4.74 Å². The molecule has 192 valence electrons. The molecule has 0 aliphatic carbocycles. The van der Waals surface area contributed by atoms with Crippen LogP contribution in [0.4, 0.5) is 14.5 Å². The van der Waals surface area contributed by atoms with E-state index < -0.39 is 29.4 Å². The SMILES string of the molecule is CCOc1ccc(/C(O)=C2/C(=O)C(=O)N(c3ccc(F)c(F)c3)C2c2cccc(C)c2)cc1C(C)(C)C. The molecule has 0 saturated carbocycles. The van der Waals surface area contributed by atoms with E-state index in [1.807, 2.05) is 40.7 Å². The maximum Gasteiger partial charge on any atom is 0.300 e. The molecule has 1 aliphatic heterocycles. The van der Waals surface area contributed by atoms with E-state index in [9.17, 15) is 23.5 Å². The van der Waals surface area contributed by atoms with E-state index in [1.54, 1.807) is 36.4 Å². The topological polar surface area (TPSA) is 66.8 Å². The molecule has 3 aromatic rings. The molecule has 7 heteroatoms. The highest BCUT2D eigenvalue weighted by atomic mass is 19.2. The van der Waals surface area contributed by atoms with Gasteiger partial charge >= 0.3 is 0 Å². The minimum absolute atomic E-state index is 0.00799. The molecule has 1 fully saturated rings. The van der Waals surface area contributed by atoms with E-state index in [0.29, 0.717) is 23.5 Å². The van der Waals surface area contributed by atoms with Crippen LogP contribution < -0.4 is 9.64 Å². The number of hydrogen-bond acceptors (Lipinski definition) is 4. The zero-order valence-corrected chi connectivity index (χ0v) is 21.4. The van der Waals surface area contributed by atoms with Crippen LogP contribution in [0.5, 0.6) is 5.75 Å². The van der Waals surface area contributed by atoms with Gasteiger partial charge < -0.3 is 9.84 Å². The van der Waals surface area contributed by atoms with Gasteiger partial charge in [0.05, 0.1) is 18.2 Å². The summed E-state index contributed by atoms with van der Waals surface area (Å²) in [6, 6.07) is 14.2. The minimum atomic E-state index is -1.15. The summed E-state index contributed by atoms with van der Waals surface area (Å²) in [5.74, 6) is -3.78. The second-order valence-corrected chi connectivity index (χ2v) is 10.1. The Bertz CT molecular complexity index is 1420. The Morgan fingerprint density at radius 3 is 2.35 bits per heavy atom. The van der Waals surface area contributed by atoms with Crippen LogP contribution in [0.3, 0.4) is 0 Å². The third kappa shape index (κ3) is 4.86. The van der Waals surface area contributed by atoms with Crippen molar-refractivity contribution in [2.75, 3.05) is 11.5 Å². The molecular weight excluding hydrogens is 476 g/mol. The normalized spacial score (nSPS) is 17.4. The van der Waals surface area contributed by atoms with Crippen LogP contribution >= 0.6 is 0 Å². The van der Waals surface area contributed by atoms with Gasteiger partial charge in [0, 0.05) is 22.9 Å². The first-order valence-corrected chi connectivity index (χ1v) is 12.0. The van der Waals surface area contributed by atoms with Crippen molar-refractivity contribution in [2.45, 2.75) is 46.1 Å². The van der Waals surface area contributed by atoms with Crippen LogP contribution in [0.1, 0.15) is 56.0 Å². The smallest absolute Gasteiger partial charge is 0.300 e. The van der Waals surface area contributed by atoms with Gasteiger partial charge in [-0.05, 0) is 55.2 Å². The first kappa shape index (κ1) is 26.1. The number of ether oxygens (including phenoxy) is 1. The molecule has 1 amide bonds. The summed E-state index contributed by atoms with van der Waals surface area (Å²) in [7, 11) is 0. The second-order valence-electron chi connectivity index (χ2n) is 10.1. The van der Waals surface area contributed by atoms with Crippen LogP contribution in [0.2, 0.25) is 0 Å². The van der Waals surface area contributed by atoms with Gasteiger partial charge in [0.25, 0.3) is 11.7 Å². The lowest BCUT2D eigenvalue weighted by atomic mass is 9.84. The number of benzene rings is 3. The predicted octanol–water partition coefficient (Wildman–Crippen LogP) is 6.60. The number of anilines is 1. The van der Waals surface area contributed by atoms with Gasteiger partial charge in [-0.1, -0.05) is 50.6 Å². The van der Waals surface area contributed by atoms with Crippen LogP contribution in [-0.2, 0) is 15.0 Å².